The van der Waals surface area contributed by atoms with E-state index in [1.807, 2.05) is 6.07 Å². The molecule has 0 radical (unpaired) electrons. The van der Waals surface area contributed by atoms with E-state index in [1.165, 1.54) is 6.20 Å². The molecule has 0 bridgehead atoms. The molecule has 0 fully saturated rings. The Hall–Kier alpha value is -1.55. The molecule has 0 unspecified atom stereocenters. The Bertz CT molecular complexity index is 562. The summed E-state index contributed by atoms with van der Waals surface area (Å²) < 4.78 is 0.457. The Morgan fingerprint density at radius 2 is 2.08 bits per heavy atom. The van der Waals surface area contributed by atoms with Crippen LogP contribution in [-0.2, 0) is 0 Å². The first-order valence-corrected chi connectivity index (χ1v) is 4.16. The fraction of sp³-hybridized carbons (Fsp3) is 0. The molecule has 0 aliphatic heterocycles. The van der Waals surface area contributed by atoms with Gasteiger partial charge in [0.05, 0.1) is 17.1 Å². The summed E-state index contributed by atoms with van der Waals surface area (Å²) >= 11 is 4.91. The fourth-order valence-corrected chi connectivity index (χ4v) is 1.29. The second-order valence-electron chi connectivity index (χ2n) is 2.60. The fourth-order valence-electron chi connectivity index (χ4n) is 1.13. The maximum atomic E-state index is 11.4. The van der Waals surface area contributed by atoms with Crippen molar-refractivity contribution in [1.29, 1.82) is 0 Å². The van der Waals surface area contributed by atoms with E-state index >= 15 is 0 Å². The molecule has 0 saturated heterocycles. The van der Waals surface area contributed by atoms with Gasteiger partial charge in [0, 0.05) is 0 Å². The molecule has 1 heterocycles. The SMILES string of the molecule is O=c1ncc(=S)[nH]c2ccccc12. The highest BCUT2D eigenvalue weighted by Crippen LogP contribution is 2.02. The quantitative estimate of drug-likeness (QED) is 0.642. The van der Waals surface area contributed by atoms with E-state index in [1.54, 1.807) is 18.2 Å². The molecule has 1 aromatic carbocycles. The zero-order valence-electron chi connectivity index (χ0n) is 6.65. The van der Waals surface area contributed by atoms with E-state index in [0.717, 1.165) is 5.52 Å². The van der Waals surface area contributed by atoms with Crippen molar-refractivity contribution in [2.75, 3.05) is 0 Å². The number of H-pyrrole nitrogens is 1. The summed E-state index contributed by atoms with van der Waals surface area (Å²) in [6.45, 7) is 0. The Balaban J connectivity index is 3.13. The van der Waals surface area contributed by atoms with E-state index in [4.69, 9.17) is 12.2 Å². The molecule has 4 heteroatoms. The van der Waals surface area contributed by atoms with Crippen molar-refractivity contribution in [2.45, 2.75) is 0 Å². The van der Waals surface area contributed by atoms with Crippen LogP contribution in [0.4, 0.5) is 0 Å². The van der Waals surface area contributed by atoms with Gasteiger partial charge in [-0.15, -0.1) is 0 Å². The van der Waals surface area contributed by atoms with Crippen LogP contribution in [0.25, 0.3) is 10.9 Å². The number of fused-ring (bicyclic) bond motifs is 1. The van der Waals surface area contributed by atoms with Crippen molar-refractivity contribution in [2.24, 2.45) is 0 Å². The summed E-state index contributed by atoms with van der Waals surface area (Å²) in [5.74, 6) is 0. The molecule has 2 aromatic rings. The van der Waals surface area contributed by atoms with Crippen molar-refractivity contribution in [3.63, 3.8) is 0 Å². The number of para-hydroxylation sites is 1. The van der Waals surface area contributed by atoms with Crippen molar-refractivity contribution in [3.05, 3.63) is 45.5 Å². The summed E-state index contributed by atoms with van der Waals surface area (Å²) in [6.07, 6.45) is 1.36. The number of nitrogens with one attached hydrogen (secondary N) is 1. The van der Waals surface area contributed by atoms with E-state index < -0.39 is 0 Å². The predicted octanol–water partition coefficient (Wildman–Crippen LogP) is 1.65. The Labute approximate surface area is 79.1 Å². The van der Waals surface area contributed by atoms with Crippen LogP contribution in [0.15, 0.2) is 35.3 Å². The number of aromatic nitrogens is 2. The molecule has 2 rings (SSSR count). The monoisotopic (exact) mass is 190 g/mol. The first-order valence-electron chi connectivity index (χ1n) is 3.76. The lowest BCUT2D eigenvalue weighted by Crippen LogP contribution is -2.00. The van der Waals surface area contributed by atoms with Crippen LogP contribution >= 0.6 is 12.2 Å². The molecule has 1 N–H and O–H groups in total. The highest BCUT2D eigenvalue weighted by Gasteiger charge is 1.94. The largest absolute Gasteiger partial charge is 0.345 e. The van der Waals surface area contributed by atoms with Crippen LogP contribution in [0.5, 0.6) is 0 Å². The lowest BCUT2D eigenvalue weighted by atomic mass is 10.2. The number of nitrogens with zero attached hydrogens (tertiary/aromatic N) is 1. The van der Waals surface area contributed by atoms with E-state index in [9.17, 15) is 4.79 Å². The summed E-state index contributed by atoms with van der Waals surface area (Å²) in [5.41, 5.74) is 0.456. The first-order chi connectivity index (χ1) is 6.27. The van der Waals surface area contributed by atoms with E-state index in [-0.39, 0.29) is 5.56 Å². The smallest absolute Gasteiger partial charge is 0.279 e. The van der Waals surface area contributed by atoms with Crippen LogP contribution in [0.1, 0.15) is 0 Å². The van der Waals surface area contributed by atoms with Gasteiger partial charge in [-0.3, -0.25) is 4.79 Å². The third kappa shape index (κ3) is 1.48. The third-order valence-corrected chi connectivity index (χ3v) is 1.92. The highest BCUT2D eigenvalue weighted by molar-refractivity contribution is 7.71. The molecule has 3 nitrogen and oxygen atoms in total. The Morgan fingerprint density at radius 3 is 2.92 bits per heavy atom. The maximum absolute atomic E-state index is 11.4. The minimum atomic E-state index is -0.261. The van der Waals surface area contributed by atoms with Gasteiger partial charge < -0.3 is 4.98 Å². The zero-order chi connectivity index (χ0) is 9.26. The molecule has 0 atom stereocenters. The Morgan fingerprint density at radius 1 is 1.31 bits per heavy atom. The average molecular weight is 190 g/mol. The molecule has 13 heavy (non-hydrogen) atoms. The van der Waals surface area contributed by atoms with Gasteiger partial charge in [0.2, 0.25) is 0 Å². The van der Waals surface area contributed by atoms with Crippen molar-refractivity contribution in [3.8, 4) is 0 Å². The number of hydrogen-bond donors (Lipinski definition) is 1. The van der Waals surface area contributed by atoms with E-state index in [2.05, 4.69) is 9.97 Å². The molecular formula is C9H6N2OS. The zero-order valence-corrected chi connectivity index (χ0v) is 7.47. The van der Waals surface area contributed by atoms with Crippen LogP contribution in [-0.4, -0.2) is 9.97 Å². The minimum Gasteiger partial charge on any atom is -0.345 e. The molecule has 0 aliphatic carbocycles. The topological polar surface area (TPSA) is 45.8 Å². The number of hydrogen-bond acceptors (Lipinski definition) is 3. The Kier molecular flexibility index (Phi) is 1.90. The summed E-state index contributed by atoms with van der Waals surface area (Å²) in [5, 5.41) is 0.554. The molecule has 0 aliphatic rings. The number of rotatable bonds is 0. The lowest BCUT2D eigenvalue weighted by molar-refractivity contribution is 1.26. The van der Waals surface area contributed by atoms with Gasteiger partial charge in [0.1, 0.15) is 4.64 Å². The van der Waals surface area contributed by atoms with Crippen LogP contribution in [0.2, 0.25) is 0 Å². The number of aromatic amines is 1. The standard InChI is InChI=1S/C9H6N2OS/c12-9-6-3-1-2-4-7(6)11-8(13)5-10-9/h1-5H,(H,11,13). The normalized spacial score (nSPS) is 10.2. The van der Waals surface area contributed by atoms with Gasteiger partial charge in [-0.05, 0) is 12.1 Å². The van der Waals surface area contributed by atoms with Gasteiger partial charge >= 0.3 is 0 Å². The van der Waals surface area contributed by atoms with Crippen molar-refractivity contribution < 1.29 is 0 Å². The molecule has 64 valence electrons. The molecule has 0 amide bonds. The molecule has 0 saturated carbocycles. The van der Waals surface area contributed by atoms with Gasteiger partial charge in [0.25, 0.3) is 5.56 Å². The van der Waals surface area contributed by atoms with Gasteiger partial charge in [0.15, 0.2) is 0 Å². The van der Waals surface area contributed by atoms with Gasteiger partial charge in [-0.25, -0.2) is 4.98 Å². The van der Waals surface area contributed by atoms with Crippen LogP contribution in [0.3, 0.4) is 0 Å². The van der Waals surface area contributed by atoms with Crippen molar-refractivity contribution >= 4 is 23.1 Å². The van der Waals surface area contributed by atoms with Crippen LogP contribution < -0.4 is 5.56 Å². The summed E-state index contributed by atoms with van der Waals surface area (Å²) in [6, 6.07) is 7.15. The minimum absolute atomic E-state index is 0.261. The number of benzene rings is 1. The second kappa shape index (κ2) is 3.06. The lowest BCUT2D eigenvalue weighted by Gasteiger charge is -1.87. The average Bonchev–Trinajstić information content (AvgIpc) is 2.27. The molecular weight excluding hydrogens is 184 g/mol. The third-order valence-electron chi connectivity index (χ3n) is 1.71. The first kappa shape index (κ1) is 8.07. The van der Waals surface area contributed by atoms with Gasteiger partial charge in [-0.2, -0.15) is 0 Å². The summed E-state index contributed by atoms with van der Waals surface area (Å²) in [4.78, 5) is 17.9. The molecule has 0 spiro atoms. The maximum Gasteiger partial charge on any atom is 0.279 e. The second-order valence-corrected chi connectivity index (χ2v) is 3.04. The van der Waals surface area contributed by atoms with Crippen molar-refractivity contribution in [1.82, 2.24) is 9.97 Å². The molecule has 1 aromatic heterocycles. The van der Waals surface area contributed by atoms with E-state index in [0.29, 0.717) is 10.0 Å². The highest BCUT2D eigenvalue weighted by atomic mass is 32.1. The van der Waals surface area contributed by atoms with Gasteiger partial charge in [-0.1, -0.05) is 24.4 Å². The predicted molar refractivity (Wildman–Crippen MR) is 53.2 cm³/mol. The summed E-state index contributed by atoms with van der Waals surface area (Å²) in [7, 11) is 0. The van der Waals surface area contributed by atoms with Crippen LogP contribution in [0, 0.1) is 4.64 Å².